The molecule has 2 aliphatic rings. The van der Waals surface area contributed by atoms with Crippen LogP contribution in [0.2, 0.25) is 0 Å². The van der Waals surface area contributed by atoms with E-state index >= 15 is 0 Å². The molecule has 2 fully saturated rings. The largest absolute Gasteiger partial charge is 0.368 e. The maximum atomic E-state index is 13.7. The second kappa shape index (κ2) is 7.79. The third-order valence-electron chi connectivity index (χ3n) is 6.43. The average molecular weight is 425 g/mol. The molecule has 1 aliphatic heterocycles. The number of fused-ring (bicyclic) bond motifs is 1. The molecule has 0 atom stereocenters. The van der Waals surface area contributed by atoms with E-state index in [4.69, 9.17) is 9.51 Å². The highest BCUT2D eigenvalue weighted by Gasteiger charge is 2.31. The summed E-state index contributed by atoms with van der Waals surface area (Å²) < 4.78 is 5.64. The molecule has 6 nitrogen and oxygen atoms in total. The van der Waals surface area contributed by atoms with Gasteiger partial charge in [0.1, 0.15) is 5.69 Å². The van der Waals surface area contributed by atoms with Gasteiger partial charge in [0.15, 0.2) is 0 Å². The third-order valence-corrected chi connectivity index (χ3v) is 6.43. The van der Waals surface area contributed by atoms with E-state index in [1.54, 1.807) is 0 Å². The van der Waals surface area contributed by atoms with Gasteiger partial charge in [0, 0.05) is 49.0 Å². The number of rotatable bonds is 4. The molecule has 6 heteroatoms. The molecular weight excluding hydrogens is 400 g/mol. The first kappa shape index (κ1) is 19.0. The van der Waals surface area contributed by atoms with Gasteiger partial charge in [0.25, 0.3) is 11.6 Å². The van der Waals surface area contributed by atoms with Crippen molar-refractivity contribution in [2.75, 3.05) is 31.1 Å². The van der Waals surface area contributed by atoms with Gasteiger partial charge in [-0.3, -0.25) is 4.79 Å². The molecule has 0 bridgehead atoms. The third kappa shape index (κ3) is 3.42. The normalized spacial score (nSPS) is 16.5. The van der Waals surface area contributed by atoms with Crippen LogP contribution in [0.1, 0.15) is 34.8 Å². The zero-order valence-corrected chi connectivity index (χ0v) is 17.8. The summed E-state index contributed by atoms with van der Waals surface area (Å²) >= 11 is 0. The zero-order chi connectivity index (χ0) is 21.5. The summed E-state index contributed by atoms with van der Waals surface area (Å²) in [4.78, 5) is 22.7. The van der Waals surface area contributed by atoms with Gasteiger partial charge in [0.05, 0.1) is 10.9 Å². The summed E-state index contributed by atoms with van der Waals surface area (Å²) in [6.07, 6.45) is 2.23. The van der Waals surface area contributed by atoms with Gasteiger partial charge in [-0.15, -0.1) is 0 Å². The highest BCUT2D eigenvalue weighted by atomic mass is 16.5. The van der Waals surface area contributed by atoms with Crippen LogP contribution in [-0.2, 0) is 0 Å². The molecule has 0 unspecified atom stereocenters. The summed E-state index contributed by atoms with van der Waals surface area (Å²) in [6.45, 7) is 2.99. The van der Waals surface area contributed by atoms with Crippen LogP contribution in [-0.4, -0.2) is 47.1 Å². The molecule has 32 heavy (non-hydrogen) atoms. The van der Waals surface area contributed by atoms with E-state index in [-0.39, 0.29) is 5.91 Å². The monoisotopic (exact) mass is 424 g/mol. The van der Waals surface area contributed by atoms with Crippen LogP contribution in [0, 0.1) is 0 Å². The van der Waals surface area contributed by atoms with Gasteiger partial charge in [-0.1, -0.05) is 53.7 Å². The van der Waals surface area contributed by atoms with E-state index in [1.807, 2.05) is 47.4 Å². The van der Waals surface area contributed by atoms with E-state index in [9.17, 15) is 4.79 Å². The maximum absolute atomic E-state index is 13.7. The Morgan fingerprint density at radius 3 is 2.28 bits per heavy atom. The lowest BCUT2D eigenvalue weighted by atomic mass is 10.0. The van der Waals surface area contributed by atoms with Gasteiger partial charge in [-0.25, -0.2) is 4.98 Å². The Hall–Kier alpha value is -3.67. The van der Waals surface area contributed by atoms with Crippen molar-refractivity contribution in [3.05, 3.63) is 78.0 Å². The summed E-state index contributed by atoms with van der Waals surface area (Å²) in [5.41, 5.74) is 4.87. The number of carbonyl (C=O) groups is 1. The van der Waals surface area contributed by atoms with Crippen molar-refractivity contribution >= 4 is 22.7 Å². The van der Waals surface area contributed by atoms with Gasteiger partial charge >= 0.3 is 0 Å². The van der Waals surface area contributed by atoms with E-state index in [2.05, 4.69) is 34.3 Å². The number of aromatic nitrogens is 2. The quantitative estimate of drug-likeness (QED) is 0.474. The van der Waals surface area contributed by atoms with Gasteiger partial charge < -0.3 is 14.3 Å². The second-order valence-corrected chi connectivity index (χ2v) is 8.56. The van der Waals surface area contributed by atoms with E-state index in [0.29, 0.717) is 36.0 Å². The van der Waals surface area contributed by atoms with Crippen molar-refractivity contribution in [2.24, 2.45) is 0 Å². The molecule has 0 spiro atoms. The van der Waals surface area contributed by atoms with Gasteiger partial charge in [-0.2, -0.15) is 0 Å². The van der Waals surface area contributed by atoms with Crippen LogP contribution in [0.3, 0.4) is 0 Å². The first-order chi connectivity index (χ1) is 15.8. The lowest BCUT2D eigenvalue weighted by molar-refractivity contribution is 0.0748. The fourth-order valence-corrected chi connectivity index (χ4v) is 4.50. The highest BCUT2D eigenvalue weighted by molar-refractivity contribution is 6.09. The number of para-hydroxylation sites is 1. The Labute approximate surface area is 186 Å². The highest BCUT2D eigenvalue weighted by Crippen LogP contribution is 2.41. The fourth-order valence-electron chi connectivity index (χ4n) is 4.50. The number of carbonyl (C=O) groups excluding carboxylic acids is 1. The van der Waals surface area contributed by atoms with Crippen molar-refractivity contribution in [3.63, 3.8) is 0 Å². The zero-order valence-electron chi connectivity index (χ0n) is 17.8. The second-order valence-electron chi connectivity index (χ2n) is 8.56. The fraction of sp³-hybridized carbons (Fsp3) is 0.269. The first-order valence-corrected chi connectivity index (χ1v) is 11.2. The number of amides is 1. The Kier molecular flexibility index (Phi) is 4.63. The van der Waals surface area contributed by atoms with Crippen molar-refractivity contribution in [3.8, 4) is 11.3 Å². The lowest BCUT2D eigenvalue weighted by Gasteiger charge is -2.36. The minimum Gasteiger partial charge on any atom is -0.368 e. The molecule has 0 radical (unpaired) electrons. The first-order valence-electron chi connectivity index (χ1n) is 11.2. The molecule has 1 amide bonds. The summed E-state index contributed by atoms with van der Waals surface area (Å²) in [5, 5.41) is 5.03. The van der Waals surface area contributed by atoms with Crippen molar-refractivity contribution in [1.29, 1.82) is 0 Å². The minimum atomic E-state index is 0.0346. The summed E-state index contributed by atoms with van der Waals surface area (Å²) in [6, 6.07) is 22.2. The van der Waals surface area contributed by atoms with Crippen molar-refractivity contribution < 1.29 is 9.32 Å². The average Bonchev–Trinajstić information content (AvgIpc) is 3.63. The van der Waals surface area contributed by atoms with Crippen LogP contribution < -0.4 is 4.90 Å². The number of hydrogen-bond acceptors (Lipinski definition) is 5. The Balaban J connectivity index is 1.35. The van der Waals surface area contributed by atoms with Gasteiger partial charge in [-0.05, 0) is 31.0 Å². The molecule has 1 aliphatic carbocycles. The predicted octanol–water partition coefficient (Wildman–Crippen LogP) is 4.73. The maximum Gasteiger partial charge on any atom is 0.259 e. The van der Waals surface area contributed by atoms with Crippen LogP contribution >= 0.6 is 0 Å². The van der Waals surface area contributed by atoms with Crippen LogP contribution in [0.25, 0.3) is 22.4 Å². The van der Waals surface area contributed by atoms with E-state index < -0.39 is 0 Å². The molecule has 6 rings (SSSR count). The minimum absolute atomic E-state index is 0.0346. The standard InChI is InChI=1S/C26H24N4O2/c31-26(30-15-13-29(14-16-30)20-9-5-2-6-10-20)21-17-22(18-11-12-18)27-25-23(21)24(28-32-25)19-7-3-1-4-8-19/h1-10,17-18H,11-16H2. The van der Waals surface area contributed by atoms with E-state index in [1.165, 1.54) is 5.69 Å². The molecule has 4 aromatic rings. The topological polar surface area (TPSA) is 62.5 Å². The molecule has 1 saturated carbocycles. The van der Waals surface area contributed by atoms with E-state index in [0.717, 1.165) is 42.6 Å². The molecule has 160 valence electrons. The molecular formula is C26H24N4O2. The molecule has 1 saturated heterocycles. The number of hydrogen-bond donors (Lipinski definition) is 0. The van der Waals surface area contributed by atoms with Crippen LogP contribution in [0.15, 0.2) is 71.3 Å². The Bertz CT molecular complexity index is 1260. The van der Waals surface area contributed by atoms with Crippen LogP contribution in [0.5, 0.6) is 0 Å². The lowest BCUT2D eigenvalue weighted by Crippen LogP contribution is -2.48. The predicted molar refractivity (Wildman–Crippen MR) is 124 cm³/mol. The van der Waals surface area contributed by atoms with Crippen molar-refractivity contribution in [2.45, 2.75) is 18.8 Å². The summed E-state index contributed by atoms with van der Waals surface area (Å²) in [7, 11) is 0. The Morgan fingerprint density at radius 2 is 1.59 bits per heavy atom. The molecule has 0 N–H and O–H groups in total. The smallest absolute Gasteiger partial charge is 0.259 e. The molecule has 2 aromatic heterocycles. The van der Waals surface area contributed by atoms with Crippen LogP contribution in [0.4, 0.5) is 5.69 Å². The number of anilines is 1. The van der Waals surface area contributed by atoms with Gasteiger partial charge in [0.2, 0.25) is 0 Å². The molecule has 2 aromatic carbocycles. The number of nitrogens with zero attached hydrogens (tertiary/aromatic N) is 4. The Morgan fingerprint density at radius 1 is 0.906 bits per heavy atom. The summed E-state index contributed by atoms with van der Waals surface area (Å²) in [5.74, 6) is 0.457. The molecule has 3 heterocycles. The SMILES string of the molecule is O=C(c1cc(C2CC2)nc2onc(-c3ccccc3)c12)N1CCN(c2ccccc2)CC1. The number of piperazine rings is 1. The number of pyridine rings is 1. The van der Waals surface area contributed by atoms with Crippen molar-refractivity contribution in [1.82, 2.24) is 15.0 Å². The number of benzene rings is 2.